The number of nitrogens with zero attached hydrogens (tertiary/aromatic N) is 6. The lowest BCUT2D eigenvalue weighted by atomic mass is 10.0. The third kappa shape index (κ3) is 4.76. The molecule has 33 heavy (non-hydrogen) atoms. The first kappa shape index (κ1) is 22.3. The standard InChI is InChI=1S/C25H31ClN6O/c1-18-5-3-7-23(19(18)2)30-12-14-31(15-13-30)24(20-8-10-21(26)11-9-20)25-27-28-29-32(25)17-22-6-4-16-33-22/h3,5,7-11,22,24H,4,6,12-17H2,1-2H3/t22-,24+/m1/s1. The molecular formula is C25H31ClN6O. The van der Waals surface area contributed by atoms with Crippen molar-refractivity contribution < 1.29 is 4.74 Å². The number of anilines is 1. The van der Waals surface area contributed by atoms with E-state index in [2.05, 4.69) is 69.5 Å². The first-order valence-electron chi connectivity index (χ1n) is 11.8. The van der Waals surface area contributed by atoms with Crippen molar-refractivity contribution in [2.75, 3.05) is 37.7 Å². The van der Waals surface area contributed by atoms with E-state index in [1.165, 1.54) is 16.8 Å². The summed E-state index contributed by atoms with van der Waals surface area (Å²) in [5.74, 6) is 0.869. The van der Waals surface area contributed by atoms with Crippen LogP contribution in [-0.2, 0) is 11.3 Å². The number of hydrogen-bond acceptors (Lipinski definition) is 6. The molecule has 0 unspecified atom stereocenters. The van der Waals surface area contributed by atoms with E-state index in [4.69, 9.17) is 16.3 Å². The molecular weight excluding hydrogens is 436 g/mol. The van der Waals surface area contributed by atoms with Crippen molar-refractivity contribution in [2.45, 2.75) is 45.4 Å². The molecule has 3 aromatic rings. The van der Waals surface area contributed by atoms with Gasteiger partial charge in [0.05, 0.1) is 18.7 Å². The van der Waals surface area contributed by atoms with Crippen LogP contribution >= 0.6 is 11.6 Å². The fourth-order valence-corrected chi connectivity index (χ4v) is 5.11. The highest BCUT2D eigenvalue weighted by molar-refractivity contribution is 6.30. The highest BCUT2D eigenvalue weighted by atomic mass is 35.5. The van der Waals surface area contributed by atoms with E-state index in [0.717, 1.165) is 62.0 Å². The van der Waals surface area contributed by atoms with Crippen LogP contribution in [0.25, 0.3) is 0 Å². The molecule has 0 amide bonds. The molecule has 2 aliphatic heterocycles. The molecule has 0 radical (unpaired) electrons. The van der Waals surface area contributed by atoms with Gasteiger partial charge in [0.15, 0.2) is 5.82 Å². The lowest BCUT2D eigenvalue weighted by Gasteiger charge is -2.40. The zero-order valence-corrected chi connectivity index (χ0v) is 20.1. The Morgan fingerprint density at radius 1 is 1.06 bits per heavy atom. The van der Waals surface area contributed by atoms with Crippen LogP contribution in [0.15, 0.2) is 42.5 Å². The summed E-state index contributed by atoms with van der Waals surface area (Å²) in [6, 6.07) is 14.6. The molecule has 0 bridgehead atoms. The number of rotatable bonds is 6. The van der Waals surface area contributed by atoms with Gasteiger partial charge >= 0.3 is 0 Å². The molecule has 8 heteroatoms. The number of tetrazole rings is 1. The van der Waals surface area contributed by atoms with Crippen LogP contribution < -0.4 is 4.90 Å². The highest BCUT2D eigenvalue weighted by Crippen LogP contribution is 2.31. The molecule has 0 N–H and O–H groups in total. The molecule has 3 heterocycles. The topological polar surface area (TPSA) is 59.3 Å². The quantitative estimate of drug-likeness (QED) is 0.546. The second-order valence-corrected chi connectivity index (χ2v) is 9.49. The Morgan fingerprint density at radius 3 is 2.58 bits per heavy atom. The van der Waals surface area contributed by atoms with Crippen molar-refractivity contribution in [1.82, 2.24) is 25.1 Å². The summed E-state index contributed by atoms with van der Waals surface area (Å²) in [5, 5.41) is 13.6. The van der Waals surface area contributed by atoms with Crippen molar-refractivity contribution in [3.05, 3.63) is 70.0 Å². The largest absolute Gasteiger partial charge is 0.376 e. The van der Waals surface area contributed by atoms with E-state index in [1.807, 2.05) is 16.8 Å². The number of hydrogen-bond donors (Lipinski definition) is 0. The summed E-state index contributed by atoms with van der Waals surface area (Å²) in [5.41, 5.74) is 5.19. The van der Waals surface area contributed by atoms with E-state index in [1.54, 1.807) is 0 Å². The summed E-state index contributed by atoms with van der Waals surface area (Å²) < 4.78 is 7.79. The molecule has 2 aromatic carbocycles. The van der Waals surface area contributed by atoms with Gasteiger partial charge < -0.3 is 9.64 Å². The Morgan fingerprint density at radius 2 is 1.85 bits per heavy atom. The van der Waals surface area contributed by atoms with Crippen molar-refractivity contribution in [3.8, 4) is 0 Å². The fourth-order valence-electron chi connectivity index (χ4n) is 4.99. The first-order chi connectivity index (χ1) is 16.1. The van der Waals surface area contributed by atoms with E-state index in [9.17, 15) is 0 Å². The molecule has 1 aromatic heterocycles. The van der Waals surface area contributed by atoms with Crippen molar-refractivity contribution in [3.63, 3.8) is 0 Å². The van der Waals surface area contributed by atoms with E-state index >= 15 is 0 Å². The van der Waals surface area contributed by atoms with Crippen LogP contribution in [0.1, 0.15) is 41.4 Å². The van der Waals surface area contributed by atoms with Gasteiger partial charge in [0, 0.05) is 43.5 Å². The van der Waals surface area contributed by atoms with Gasteiger partial charge in [-0.25, -0.2) is 4.68 Å². The second-order valence-electron chi connectivity index (χ2n) is 9.05. The Labute approximate surface area is 200 Å². The minimum absolute atomic E-state index is 0.0283. The first-order valence-corrected chi connectivity index (χ1v) is 12.2. The average molecular weight is 467 g/mol. The van der Waals surface area contributed by atoms with E-state index in [-0.39, 0.29) is 12.1 Å². The summed E-state index contributed by atoms with van der Waals surface area (Å²) in [7, 11) is 0. The van der Waals surface area contributed by atoms with Crippen LogP contribution in [-0.4, -0.2) is 64.0 Å². The molecule has 2 fully saturated rings. The Balaban J connectivity index is 1.40. The maximum absolute atomic E-state index is 6.20. The van der Waals surface area contributed by atoms with Gasteiger partial charge in [-0.3, -0.25) is 4.90 Å². The molecule has 2 aliphatic rings. The normalized spacial score (nSPS) is 20.3. The average Bonchev–Trinajstić information content (AvgIpc) is 3.51. The Bertz CT molecular complexity index is 1070. The minimum atomic E-state index is -0.0283. The number of piperazine rings is 1. The fraction of sp³-hybridized carbons (Fsp3) is 0.480. The lowest BCUT2D eigenvalue weighted by molar-refractivity contribution is 0.0906. The van der Waals surface area contributed by atoms with Crippen LogP contribution in [0, 0.1) is 13.8 Å². The van der Waals surface area contributed by atoms with E-state index < -0.39 is 0 Å². The van der Waals surface area contributed by atoms with Crippen LogP contribution in [0.5, 0.6) is 0 Å². The summed E-state index contributed by atoms with van der Waals surface area (Å²) in [6.07, 6.45) is 2.34. The monoisotopic (exact) mass is 466 g/mol. The SMILES string of the molecule is Cc1cccc(N2CCN([C@@H](c3ccc(Cl)cc3)c3nnnn3C[C@H]3CCCO3)CC2)c1C. The molecule has 0 saturated carbocycles. The van der Waals surface area contributed by atoms with Crippen LogP contribution in [0.2, 0.25) is 5.02 Å². The smallest absolute Gasteiger partial charge is 0.173 e. The Hall–Kier alpha value is -2.48. The predicted molar refractivity (Wildman–Crippen MR) is 130 cm³/mol. The highest BCUT2D eigenvalue weighted by Gasteiger charge is 2.32. The van der Waals surface area contributed by atoms with Gasteiger partial charge in [0.2, 0.25) is 0 Å². The number of ether oxygens (including phenoxy) is 1. The van der Waals surface area contributed by atoms with Gasteiger partial charge in [0.25, 0.3) is 0 Å². The summed E-state index contributed by atoms with van der Waals surface area (Å²) in [4.78, 5) is 4.98. The summed E-state index contributed by atoms with van der Waals surface area (Å²) >= 11 is 6.20. The van der Waals surface area contributed by atoms with Gasteiger partial charge in [-0.2, -0.15) is 0 Å². The third-order valence-electron chi connectivity index (χ3n) is 6.99. The molecule has 0 aliphatic carbocycles. The van der Waals surface area contributed by atoms with Crippen LogP contribution in [0.4, 0.5) is 5.69 Å². The zero-order valence-electron chi connectivity index (χ0n) is 19.3. The van der Waals surface area contributed by atoms with Crippen molar-refractivity contribution in [1.29, 1.82) is 0 Å². The molecule has 5 rings (SSSR count). The van der Waals surface area contributed by atoms with Gasteiger partial charge in [0.1, 0.15) is 0 Å². The predicted octanol–water partition coefficient (Wildman–Crippen LogP) is 4.03. The third-order valence-corrected chi connectivity index (χ3v) is 7.24. The maximum Gasteiger partial charge on any atom is 0.173 e. The molecule has 2 saturated heterocycles. The number of aromatic nitrogens is 4. The van der Waals surface area contributed by atoms with Gasteiger partial charge in [-0.1, -0.05) is 35.9 Å². The molecule has 0 spiro atoms. The van der Waals surface area contributed by atoms with Crippen LogP contribution in [0.3, 0.4) is 0 Å². The zero-order chi connectivity index (χ0) is 22.8. The van der Waals surface area contributed by atoms with E-state index in [0.29, 0.717) is 6.54 Å². The van der Waals surface area contributed by atoms with Gasteiger partial charge in [-0.05, 0) is 72.0 Å². The van der Waals surface area contributed by atoms with Gasteiger partial charge in [-0.15, -0.1) is 5.10 Å². The van der Waals surface area contributed by atoms with Crippen molar-refractivity contribution in [2.24, 2.45) is 0 Å². The second kappa shape index (κ2) is 9.79. The lowest BCUT2D eigenvalue weighted by Crippen LogP contribution is -2.48. The Kier molecular flexibility index (Phi) is 6.62. The summed E-state index contributed by atoms with van der Waals surface area (Å²) in [6.45, 7) is 9.68. The number of halogens is 1. The maximum atomic E-state index is 6.20. The number of benzene rings is 2. The molecule has 174 valence electrons. The molecule has 2 atom stereocenters. The van der Waals surface area contributed by atoms with Crippen molar-refractivity contribution >= 4 is 17.3 Å². The number of aryl methyl sites for hydroxylation is 1. The minimum Gasteiger partial charge on any atom is -0.376 e. The molecule has 7 nitrogen and oxygen atoms in total.